The normalized spacial score (nSPS) is 11.3. The van der Waals surface area contributed by atoms with Crippen LogP contribution in [-0.4, -0.2) is 17.2 Å². The smallest absolute Gasteiger partial charge is 0.423 e. The average molecular weight is 228 g/mol. The Balaban J connectivity index is 2.52. The fraction of sp³-hybridized carbons (Fsp3) is 0.111. The maximum Gasteiger partial charge on any atom is 0.488 e. The number of alkyl halides is 2. The van der Waals surface area contributed by atoms with Gasteiger partial charge in [0, 0.05) is 4.70 Å². The van der Waals surface area contributed by atoms with Crippen LogP contribution in [0.1, 0.15) is 11.3 Å². The summed E-state index contributed by atoms with van der Waals surface area (Å²) in [5.74, 6) is 0. The van der Waals surface area contributed by atoms with Crippen LogP contribution in [0.2, 0.25) is 0 Å². The van der Waals surface area contributed by atoms with E-state index in [2.05, 4.69) is 0 Å². The monoisotopic (exact) mass is 228 g/mol. The molecule has 15 heavy (non-hydrogen) atoms. The van der Waals surface area contributed by atoms with Crippen LogP contribution in [0.15, 0.2) is 24.3 Å². The minimum Gasteiger partial charge on any atom is -0.423 e. The minimum atomic E-state index is -2.48. The quantitative estimate of drug-likeness (QED) is 0.765. The summed E-state index contributed by atoms with van der Waals surface area (Å²) in [7, 11) is -1.57. The third kappa shape index (κ3) is 2.02. The first-order valence-corrected chi connectivity index (χ1v) is 5.07. The van der Waals surface area contributed by atoms with E-state index in [1.807, 2.05) is 0 Å². The van der Waals surface area contributed by atoms with Crippen molar-refractivity contribution in [2.45, 2.75) is 6.43 Å². The molecule has 0 atom stereocenters. The summed E-state index contributed by atoms with van der Waals surface area (Å²) in [4.78, 5) is -0.00502. The van der Waals surface area contributed by atoms with Crippen molar-refractivity contribution in [3.63, 3.8) is 0 Å². The molecule has 78 valence electrons. The van der Waals surface area contributed by atoms with Gasteiger partial charge in [0.05, 0.1) is 4.88 Å². The minimum absolute atomic E-state index is 0.00502. The van der Waals surface area contributed by atoms with Gasteiger partial charge in [-0.3, -0.25) is 0 Å². The summed E-state index contributed by atoms with van der Waals surface area (Å²) in [6, 6.07) is 6.00. The Bertz CT molecular complexity index is 478. The first-order chi connectivity index (χ1) is 7.08. The Kier molecular flexibility index (Phi) is 2.73. The van der Waals surface area contributed by atoms with Gasteiger partial charge in [0.1, 0.15) is 0 Å². The Morgan fingerprint density at radius 3 is 2.53 bits per heavy atom. The third-order valence-electron chi connectivity index (χ3n) is 2.07. The molecule has 0 aliphatic heterocycles. The first kappa shape index (κ1) is 10.5. The molecule has 2 N–H and O–H groups in total. The van der Waals surface area contributed by atoms with Crippen molar-refractivity contribution in [2.24, 2.45) is 0 Å². The van der Waals surface area contributed by atoms with E-state index >= 15 is 0 Å². The number of halogens is 2. The topological polar surface area (TPSA) is 40.5 Å². The van der Waals surface area contributed by atoms with Crippen molar-refractivity contribution in [3.8, 4) is 0 Å². The van der Waals surface area contributed by atoms with E-state index in [1.165, 1.54) is 18.2 Å². The second-order valence-corrected chi connectivity index (χ2v) is 4.24. The molecule has 0 saturated heterocycles. The zero-order valence-electron chi connectivity index (χ0n) is 7.52. The summed E-state index contributed by atoms with van der Waals surface area (Å²) in [6.45, 7) is 0. The van der Waals surface area contributed by atoms with E-state index in [9.17, 15) is 8.78 Å². The molecule has 2 nitrogen and oxygen atoms in total. The van der Waals surface area contributed by atoms with Crippen LogP contribution < -0.4 is 5.46 Å². The van der Waals surface area contributed by atoms with E-state index in [0.717, 1.165) is 16.0 Å². The Labute approximate surface area is 88.9 Å². The molecule has 0 fully saturated rings. The van der Waals surface area contributed by atoms with Gasteiger partial charge >= 0.3 is 7.12 Å². The number of benzene rings is 1. The molecule has 1 aromatic carbocycles. The summed E-state index contributed by atoms with van der Waals surface area (Å²) >= 11 is 1.01. The summed E-state index contributed by atoms with van der Waals surface area (Å²) in [6.07, 6.45) is -2.48. The molecule has 2 rings (SSSR count). The molecule has 0 aliphatic rings. The maximum absolute atomic E-state index is 12.4. The van der Waals surface area contributed by atoms with E-state index in [-0.39, 0.29) is 4.88 Å². The van der Waals surface area contributed by atoms with Gasteiger partial charge in [0.15, 0.2) is 0 Å². The molecule has 0 saturated carbocycles. The van der Waals surface area contributed by atoms with Crippen LogP contribution in [0.25, 0.3) is 10.1 Å². The van der Waals surface area contributed by atoms with Crippen LogP contribution in [-0.2, 0) is 0 Å². The van der Waals surface area contributed by atoms with Gasteiger partial charge in [-0.05, 0) is 23.0 Å². The standard InChI is InChI=1S/C9H7BF2O2S/c11-9(12)8-4-5-3-6(10(13)14)1-2-7(5)15-8/h1-4,9,13-14H. The van der Waals surface area contributed by atoms with Crippen LogP contribution in [0.5, 0.6) is 0 Å². The Morgan fingerprint density at radius 2 is 1.93 bits per heavy atom. The third-order valence-corrected chi connectivity index (χ3v) is 3.20. The molecule has 0 unspecified atom stereocenters. The molecule has 0 aliphatic carbocycles. The molecule has 6 heteroatoms. The van der Waals surface area contributed by atoms with E-state index in [1.54, 1.807) is 6.07 Å². The van der Waals surface area contributed by atoms with Crippen molar-refractivity contribution < 1.29 is 18.8 Å². The van der Waals surface area contributed by atoms with Gasteiger partial charge in [-0.1, -0.05) is 12.1 Å². The van der Waals surface area contributed by atoms with Gasteiger partial charge in [0.25, 0.3) is 6.43 Å². The molecule has 0 spiro atoms. The maximum atomic E-state index is 12.4. The fourth-order valence-electron chi connectivity index (χ4n) is 1.35. The van der Waals surface area contributed by atoms with Gasteiger partial charge < -0.3 is 10.0 Å². The molecular weight excluding hydrogens is 221 g/mol. The predicted molar refractivity (Wildman–Crippen MR) is 56.6 cm³/mol. The summed E-state index contributed by atoms with van der Waals surface area (Å²) in [5.41, 5.74) is 0.307. The molecule has 0 amide bonds. The Morgan fingerprint density at radius 1 is 1.20 bits per heavy atom. The predicted octanol–water partition coefficient (Wildman–Crippen LogP) is 1.52. The fourth-order valence-corrected chi connectivity index (χ4v) is 2.25. The van der Waals surface area contributed by atoms with Gasteiger partial charge in [-0.25, -0.2) is 8.78 Å². The largest absolute Gasteiger partial charge is 0.488 e. The van der Waals surface area contributed by atoms with Gasteiger partial charge in [-0.15, -0.1) is 11.3 Å². The average Bonchev–Trinajstić information content (AvgIpc) is 2.59. The highest BCUT2D eigenvalue weighted by molar-refractivity contribution is 7.19. The number of fused-ring (bicyclic) bond motifs is 1. The highest BCUT2D eigenvalue weighted by Gasteiger charge is 2.14. The highest BCUT2D eigenvalue weighted by Crippen LogP contribution is 2.31. The van der Waals surface area contributed by atoms with Crippen molar-refractivity contribution in [3.05, 3.63) is 29.1 Å². The lowest BCUT2D eigenvalue weighted by Crippen LogP contribution is -2.29. The van der Waals surface area contributed by atoms with Crippen molar-refractivity contribution in [2.75, 3.05) is 0 Å². The van der Waals surface area contributed by atoms with E-state index in [0.29, 0.717) is 10.8 Å². The molecule has 1 heterocycles. The second kappa shape index (κ2) is 3.88. The number of hydrogen-bond donors (Lipinski definition) is 2. The van der Waals surface area contributed by atoms with Crippen molar-refractivity contribution in [1.29, 1.82) is 0 Å². The zero-order chi connectivity index (χ0) is 11.0. The molecular formula is C9H7BF2O2S. The van der Waals surface area contributed by atoms with Gasteiger partial charge in [0.2, 0.25) is 0 Å². The number of thiophene rings is 1. The summed E-state index contributed by atoms with van der Waals surface area (Å²) in [5, 5.41) is 18.4. The van der Waals surface area contributed by atoms with Crippen LogP contribution in [0.3, 0.4) is 0 Å². The molecule has 2 aromatic rings. The molecule has 0 bridgehead atoms. The lowest BCUT2D eigenvalue weighted by atomic mass is 9.80. The second-order valence-electron chi connectivity index (χ2n) is 3.12. The van der Waals surface area contributed by atoms with E-state index < -0.39 is 13.5 Å². The van der Waals surface area contributed by atoms with Gasteiger partial charge in [-0.2, -0.15) is 0 Å². The van der Waals surface area contributed by atoms with E-state index in [4.69, 9.17) is 10.0 Å². The lowest BCUT2D eigenvalue weighted by molar-refractivity contribution is 0.156. The van der Waals surface area contributed by atoms with Crippen molar-refractivity contribution >= 4 is 34.0 Å². The van der Waals surface area contributed by atoms with Crippen LogP contribution >= 0.6 is 11.3 Å². The van der Waals surface area contributed by atoms with Crippen molar-refractivity contribution in [1.82, 2.24) is 0 Å². The Hall–Kier alpha value is -0.975. The molecule has 0 radical (unpaired) electrons. The van der Waals surface area contributed by atoms with Crippen LogP contribution in [0, 0.1) is 0 Å². The summed E-state index contributed by atoms with van der Waals surface area (Å²) < 4.78 is 25.5. The van der Waals surface area contributed by atoms with Crippen LogP contribution in [0.4, 0.5) is 8.78 Å². The molecule has 1 aromatic heterocycles. The number of hydrogen-bond acceptors (Lipinski definition) is 3. The zero-order valence-corrected chi connectivity index (χ0v) is 8.34. The first-order valence-electron chi connectivity index (χ1n) is 4.25. The SMILES string of the molecule is OB(O)c1ccc2sc(C(F)F)cc2c1. The highest BCUT2D eigenvalue weighted by atomic mass is 32.1. The lowest BCUT2D eigenvalue weighted by Gasteiger charge is -1.97. The number of rotatable bonds is 2.